The summed E-state index contributed by atoms with van der Waals surface area (Å²) >= 11 is 0. The topological polar surface area (TPSA) is 112 Å². The standard InChI is InChI=1S/C22H25N5O3/c1-11-12(2)30-21(28)13-6-7-17(27-19(11)13)26-18-8-14-15(9-24-18)20(29-5)25-10-16(14)22(3,4)23/h6-12H,23H2,1-5H3,(H,24,26,27)/t11-,12+/m0/s1. The van der Waals surface area contributed by atoms with Crippen LogP contribution in [0, 0.1) is 0 Å². The first-order chi connectivity index (χ1) is 14.2. The molecule has 0 aromatic carbocycles. The lowest BCUT2D eigenvalue weighted by atomic mass is 9.93. The van der Waals surface area contributed by atoms with Crippen LogP contribution in [0.15, 0.2) is 30.6 Å². The van der Waals surface area contributed by atoms with E-state index in [2.05, 4.69) is 20.3 Å². The fourth-order valence-electron chi connectivity index (χ4n) is 3.61. The third-order valence-corrected chi connectivity index (χ3v) is 5.45. The third-order valence-electron chi connectivity index (χ3n) is 5.45. The first kappa shape index (κ1) is 20.0. The van der Waals surface area contributed by atoms with Gasteiger partial charge in [0.05, 0.1) is 23.8 Å². The number of esters is 1. The number of methoxy groups -OCH3 is 1. The lowest BCUT2D eigenvalue weighted by Crippen LogP contribution is -2.29. The predicted octanol–water partition coefficient (Wildman–Crippen LogP) is 3.63. The van der Waals surface area contributed by atoms with Crippen LogP contribution >= 0.6 is 0 Å². The zero-order chi connectivity index (χ0) is 21.6. The Morgan fingerprint density at radius 2 is 1.90 bits per heavy atom. The van der Waals surface area contributed by atoms with E-state index in [0.717, 1.165) is 22.0 Å². The van der Waals surface area contributed by atoms with Crippen LogP contribution in [0.2, 0.25) is 0 Å². The normalized spacial score (nSPS) is 18.7. The summed E-state index contributed by atoms with van der Waals surface area (Å²) in [7, 11) is 1.57. The average molecular weight is 407 g/mol. The molecule has 0 amide bonds. The van der Waals surface area contributed by atoms with Gasteiger partial charge >= 0.3 is 5.97 Å². The number of hydrogen-bond donors (Lipinski definition) is 2. The Morgan fingerprint density at radius 1 is 1.13 bits per heavy atom. The number of rotatable bonds is 4. The second-order valence-corrected chi connectivity index (χ2v) is 8.17. The van der Waals surface area contributed by atoms with Gasteiger partial charge in [-0.15, -0.1) is 0 Å². The molecule has 4 heterocycles. The Balaban J connectivity index is 1.76. The summed E-state index contributed by atoms with van der Waals surface area (Å²) < 4.78 is 10.7. The van der Waals surface area contributed by atoms with Gasteiger partial charge in [-0.3, -0.25) is 0 Å². The Kier molecular flexibility index (Phi) is 4.82. The van der Waals surface area contributed by atoms with Gasteiger partial charge in [0.25, 0.3) is 0 Å². The molecule has 2 atom stereocenters. The van der Waals surface area contributed by atoms with E-state index in [4.69, 9.17) is 15.2 Å². The molecule has 0 aliphatic carbocycles. The quantitative estimate of drug-likeness (QED) is 0.631. The first-order valence-corrected chi connectivity index (χ1v) is 9.80. The predicted molar refractivity (Wildman–Crippen MR) is 114 cm³/mol. The van der Waals surface area contributed by atoms with E-state index in [9.17, 15) is 4.79 Å². The maximum atomic E-state index is 12.1. The van der Waals surface area contributed by atoms with Crippen molar-refractivity contribution in [2.45, 2.75) is 45.3 Å². The van der Waals surface area contributed by atoms with Crippen molar-refractivity contribution >= 4 is 28.4 Å². The molecule has 3 N–H and O–H groups in total. The lowest BCUT2D eigenvalue weighted by Gasteiger charge is -2.27. The lowest BCUT2D eigenvalue weighted by molar-refractivity contribution is 0.0235. The van der Waals surface area contributed by atoms with E-state index < -0.39 is 5.54 Å². The largest absolute Gasteiger partial charge is 0.481 e. The zero-order valence-electron chi connectivity index (χ0n) is 17.7. The van der Waals surface area contributed by atoms with Crippen LogP contribution in [0.25, 0.3) is 10.8 Å². The summed E-state index contributed by atoms with van der Waals surface area (Å²) in [5.74, 6) is 1.36. The smallest absolute Gasteiger partial charge is 0.340 e. The minimum absolute atomic E-state index is 0.00369. The molecule has 30 heavy (non-hydrogen) atoms. The molecule has 156 valence electrons. The third kappa shape index (κ3) is 3.43. The van der Waals surface area contributed by atoms with Gasteiger partial charge < -0.3 is 20.5 Å². The number of anilines is 2. The number of hydrogen-bond acceptors (Lipinski definition) is 8. The summed E-state index contributed by atoms with van der Waals surface area (Å²) in [6, 6.07) is 5.39. The van der Waals surface area contributed by atoms with Crippen molar-refractivity contribution in [1.29, 1.82) is 0 Å². The van der Waals surface area contributed by atoms with Gasteiger partial charge in [-0.25, -0.2) is 19.7 Å². The van der Waals surface area contributed by atoms with Crippen molar-refractivity contribution in [3.63, 3.8) is 0 Å². The SMILES string of the molecule is COc1ncc(C(C)(C)N)c2cc(Nc3ccc4c(n3)[C@@H](C)[C@@H](C)OC4=O)ncc12. The zero-order valence-corrected chi connectivity index (χ0v) is 17.7. The van der Waals surface area contributed by atoms with Crippen molar-refractivity contribution in [3.8, 4) is 5.88 Å². The molecule has 0 saturated carbocycles. The maximum absolute atomic E-state index is 12.1. The van der Waals surface area contributed by atoms with E-state index >= 15 is 0 Å². The number of carbonyl (C=O) groups excluding carboxylic acids is 1. The average Bonchev–Trinajstić information content (AvgIpc) is 2.70. The maximum Gasteiger partial charge on any atom is 0.340 e. The van der Waals surface area contributed by atoms with Crippen molar-refractivity contribution < 1.29 is 14.3 Å². The number of nitrogens with two attached hydrogens (primary N) is 1. The molecule has 0 saturated heterocycles. The fourth-order valence-corrected chi connectivity index (χ4v) is 3.61. The van der Waals surface area contributed by atoms with Crippen LogP contribution in [-0.4, -0.2) is 34.1 Å². The molecule has 0 bridgehead atoms. The number of ether oxygens (including phenoxy) is 2. The van der Waals surface area contributed by atoms with Crippen LogP contribution in [0.5, 0.6) is 5.88 Å². The van der Waals surface area contributed by atoms with Gasteiger partial charge in [0.1, 0.15) is 17.7 Å². The second kappa shape index (κ2) is 7.21. The number of nitrogens with one attached hydrogen (secondary N) is 1. The van der Waals surface area contributed by atoms with Crippen LogP contribution in [0.1, 0.15) is 55.2 Å². The van der Waals surface area contributed by atoms with Gasteiger partial charge in [-0.05, 0) is 49.9 Å². The summed E-state index contributed by atoms with van der Waals surface area (Å²) in [4.78, 5) is 25.6. The number of fused-ring (bicyclic) bond motifs is 2. The Hall–Kier alpha value is -3.26. The number of carbonyl (C=O) groups is 1. The number of nitrogens with zero attached hydrogens (tertiary/aromatic N) is 3. The highest BCUT2D eigenvalue weighted by Gasteiger charge is 2.31. The van der Waals surface area contributed by atoms with Gasteiger partial charge in [0.2, 0.25) is 5.88 Å². The highest BCUT2D eigenvalue weighted by molar-refractivity contribution is 5.93. The molecule has 8 heteroatoms. The minimum atomic E-state index is -0.591. The molecule has 0 fully saturated rings. The van der Waals surface area contributed by atoms with E-state index in [0.29, 0.717) is 23.1 Å². The molecule has 0 radical (unpaired) electrons. The van der Waals surface area contributed by atoms with Crippen molar-refractivity contribution in [1.82, 2.24) is 15.0 Å². The van der Waals surface area contributed by atoms with Crippen molar-refractivity contribution in [2.24, 2.45) is 5.73 Å². The molecule has 0 unspecified atom stereocenters. The second-order valence-electron chi connectivity index (χ2n) is 8.17. The van der Waals surface area contributed by atoms with Gasteiger partial charge in [0.15, 0.2) is 0 Å². The van der Waals surface area contributed by atoms with E-state index in [-0.39, 0.29) is 18.0 Å². The summed E-state index contributed by atoms with van der Waals surface area (Å²) in [6.45, 7) is 7.72. The van der Waals surface area contributed by atoms with Crippen LogP contribution in [0.4, 0.5) is 11.6 Å². The monoisotopic (exact) mass is 407 g/mol. The van der Waals surface area contributed by atoms with Gasteiger partial charge in [-0.2, -0.15) is 0 Å². The fraction of sp³-hybridized carbons (Fsp3) is 0.364. The molecule has 3 aromatic rings. The van der Waals surface area contributed by atoms with Crippen LogP contribution in [-0.2, 0) is 10.3 Å². The molecule has 1 aliphatic heterocycles. The van der Waals surface area contributed by atoms with E-state index in [1.165, 1.54) is 0 Å². The van der Waals surface area contributed by atoms with E-state index in [1.807, 2.05) is 33.8 Å². The molecule has 8 nitrogen and oxygen atoms in total. The summed E-state index contributed by atoms with van der Waals surface area (Å²) in [5.41, 5.74) is 7.87. The minimum Gasteiger partial charge on any atom is -0.481 e. The Bertz CT molecular complexity index is 1140. The highest BCUT2D eigenvalue weighted by atomic mass is 16.5. The Labute approximate surface area is 174 Å². The van der Waals surface area contributed by atoms with Crippen molar-refractivity contribution in [3.05, 3.63) is 47.4 Å². The first-order valence-electron chi connectivity index (χ1n) is 9.80. The molecule has 3 aromatic heterocycles. The summed E-state index contributed by atoms with van der Waals surface area (Å²) in [5, 5.41) is 4.91. The van der Waals surface area contributed by atoms with Crippen LogP contribution < -0.4 is 15.8 Å². The van der Waals surface area contributed by atoms with E-state index in [1.54, 1.807) is 31.6 Å². The Morgan fingerprint density at radius 3 is 2.60 bits per heavy atom. The molecular formula is C22H25N5O3. The number of cyclic esters (lactones) is 1. The highest BCUT2D eigenvalue weighted by Crippen LogP contribution is 2.34. The van der Waals surface area contributed by atoms with Crippen molar-refractivity contribution in [2.75, 3.05) is 12.4 Å². The number of aromatic nitrogens is 3. The number of pyridine rings is 3. The van der Waals surface area contributed by atoms with Crippen LogP contribution in [0.3, 0.4) is 0 Å². The molecule has 1 aliphatic rings. The molecule has 4 rings (SSSR count). The molecule has 0 spiro atoms. The molecular weight excluding hydrogens is 382 g/mol. The van der Waals surface area contributed by atoms with Gasteiger partial charge in [-0.1, -0.05) is 6.92 Å². The van der Waals surface area contributed by atoms with Gasteiger partial charge in [0, 0.05) is 23.9 Å². The summed E-state index contributed by atoms with van der Waals surface area (Å²) in [6.07, 6.45) is 3.22.